The van der Waals surface area contributed by atoms with Gasteiger partial charge in [0.2, 0.25) is 0 Å². The molecule has 0 N–H and O–H groups in total. The van der Waals surface area contributed by atoms with Crippen LogP contribution in [0.25, 0.3) is 16.6 Å². The molecule has 0 aliphatic rings. The monoisotopic (exact) mass is 457 g/mol. The molecule has 0 aliphatic carbocycles. The lowest BCUT2D eigenvalue weighted by Crippen LogP contribution is -2.38. The van der Waals surface area contributed by atoms with Crippen molar-refractivity contribution in [3.8, 4) is 5.69 Å². The van der Waals surface area contributed by atoms with E-state index < -0.39 is 11.9 Å². The summed E-state index contributed by atoms with van der Waals surface area (Å²) >= 11 is 0. The molecular formula is C28H28FN3O2. The number of benzene rings is 3. The first-order valence-electron chi connectivity index (χ1n) is 11.5. The van der Waals surface area contributed by atoms with Gasteiger partial charge >= 0.3 is 0 Å². The molecule has 34 heavy (non-hydrogen) atoms. The Balaban J connectivity index is 1.93. The van der Waals surface area contributed by atoms with Crippen LogP contribution in [0.15, 0.2) is 71.5 Å². The molecule has 0 radical (unpaired) electrons. The van der Waals surface area contributed by atoms with Crippen LogP contribution in [0.3, 0.4) is 0 Å². The summed E-state index contributed by atoms with van der Waals surface area (Å²) < 4.78 is 15.1. The summed E-state index contributed by atoms with van der Waals surface area (Å²) in [7, 11) is 0. The predicted octanol–water partition coefficient (Wildman–Crippen LogP) is 5.76. The van der Waals surface area contributed by atoms with Crippen molar-refractivity contribution in [2.45, 2.75) is 40.2 Å². The minimum absolute atomic E-state index is 0.176. The fourth-order valence-corrected chi connectivity index (χ4v) is 4.33. The molecule has 1 unspecified atom stereocenters. The van der Waals surface area contributed by atoms with Gasteiger partial charge in [-0.05, 0) is 75.2 Å². The molecule has 4 rings (SSSR count). The van der Waals surface area contributed by atoms with Crippen LogP contribution in [0, 0.1) is 19.7 Å². The fraction of sp³-hybridized carbons (Fsp3) is 0.250. The number of carbonyl (C=O) groups excluding carboxylic acids is 1. The largest absolute Gasteiger partial charge is 0.329 e. The lowest BCUT2D eigenvalue weighted by atomic mass is 10.1. The number of halogens is 1. The highest BCUT2D eigenvalue weighted by molar-refractivity contribution is 5.94. The first-order valence-corrected chi connectivity index (χ1v) is 11.5. The predicted molar refractivity (Wildman–Crippen MR) is 133 cm³/mol. The second-order valence-electron chi connectivity index (χ2n) is 8.60. The molecule has 4 aromatic rings. The zero-order chi connectivity index (χ0) is 24.4. The molecule has 174 valence electrons. The summed E-state index contributed by atoms with van der Waals surface area (Å²) in [5.41, 5.74) is 3.58. The van der Waals surface area contributed by atoms with Crippen LogP contribution < -0.4 is 5.56 Å². The van der Waals surface area contributed by atoms with Gasteiger partial charge in [-0.25, -0.2) is 9.37 Å². The average molecular weight is 458 g/mol. The number of aryl methyl sites for hydroxylation is 2. The highest BCUT2D eigenvalue weighted by Crippen LogP contribution is 2.26. The maximum Gasteiger partial charge on any atom is 0.266 e. The third kappa shape index (κ3) is 4.36. The van der Waals surface area contributed by atoms with Crippen molar-refractivity contribution in [3.63, 3.8) is 0 Å². The van der Waals surface area contributed by atoms with Gasteiger partial charge in [-0.15, -0.1) is 0 Å². The van der Waals surface area contributed by atoms with E-state index in [-0.39, 0.29) is 11.5 Å². The highest BCUT2D eigenvalue weighted by Gasteiger charge is 2.27. The molecule has 0 spiro atoms. The van der Waals surface area contributed by atoms with Crippen molar-refractivity contribution in [1.82, 2.24) is 14.5 Å². The maximum absolute atomic E-state index is 13.7. The van der Waals surface area contributed by atoms with Crippen molar-refractivity contribution >= 4 is 16.8 Å². The molecule has 1 heterocycles. The van der Waals surface area contributed by atoms with E-state index in [0.717, 1.165) is 23.2 Å². The number of amides is 1. The molecule has 0 bridgehead atoms. The molecule has 1 atom stereocenters. The smallest absolute Gasteiger partial charge is 0.266 e. The average Bonchev–Trinajstić information content (AvgIpc) is 2.83. The highest BCUT2D eigenvalue weighted by atomic mass is 19.1. The van der Waals surface area contributed by atoms with Gasteiger partial charge in [0.1, 0.15) is 11.6 Å². The third-order valence-electron chi connectivity index (χ3n) is 6.05. The van der Waals surface area contributed by atoms with Gasteiger partial charge in [-0.1, -0.05) is 36.8 Å². The Morgan fingerprint density at radius 3 is 2.44 bits per heavy atom. The van der Waals surface area contributed by atoms with Crippen LogP contribution in [0.1, 0.15) is 53.6 Å². The molecular weight excluding hydrogens is 429 g/mol. The van der Waals surface area contributed by atoms with E-state index in [1.54, 1.807) is 15.5 Å². The van der Waals surface area contributed by atoms with Crippen LogP contribution in [0.4, 0.5) is 4.39 Å². The Bertz CT molecular complexity index is 1410. The minimum Gasteiger partial charge on any atom is -0.329 e. The Morgan fingerprint density at radius 1 is 1.06 bits per heavy atom. The van der Waals surface area contributed by atoms with Crippen molar-refractivity contribution in [2.24, 2.45) is 0 Å². The number of hydrogen-bond donors (Lipinski definition) is 0. The zero-order valence-electron chi connectivity index (χ0n) is 19.9. The van der Waals surface area contributed by atoms with Gasteiger partial charge in [0.05, 0.1) is 22.6 Å². The van der Waals surface area contributed by atoms with Gasteiger partial charge in [-0.3, -0.25) is 14.2 Å². The first-order chi connectivity index (χ1) is 16.3. The van der Waals surface area contributed by atoms with Crippen LogP contribution in [0.5, 0.6) is 0 Å². The molecule has 5 nitrogen and oxygen atoms in total. The maximum atomic E-state index is 13.7. The lowest BCUT2D eigenvalue weighted by molar-refractivity contribution is 0.0681. The van der Waals surface area contributed by atoms with Crippen molar-refractivity contribution < 1.29 is 9.18 Å². The van der Waals surface area contributed by atoms with Gasteiger partial charge in [0.15, 0.2) is 0 Å². The van der Waals surface area contributed by atoms with Gasteiger partial charge in [0.25, 0.3) is 11.5 Å². The Labute approximate surface area is 198 Å². The van der Waals surface area contributed by atoms with Crippen molar-refractivity contribution in [3.05, 3.63) is 105 Å². The van der Waals surface area contributed by atoms with Crippen LogP contribution in [-0.4, -0.2) is 26.9 Å². The number of nitrogens with zero attached hydrogens (tertiary/aromatic N) is 3. The molecule has 1 amide bonds. The molecule has 0 saturated heterocycles. The number of rotatable bonds is 6. The van der Waals surface area contributed by atoms with E-state index in [0.29, 0.717) is 28.8 Å². The Morgan fingerprint density at radius 2 is 1.76 bits per heavy atom. The molecule has 0 saturated carbocycles. The summed E-state index contributed by atoms with van der Waals surface area (Å²) in [5.74, 6) is -0.143. The van der Waals surface area contributed by atoms with E-state index in [2.05, 4.69) is 0 Å². The Kier molecular flexibility index (Phi) is 6.59. The van der Waals surface area contributed by atoms with Crippen LogP contribution >= 0.6 is 0 Å². The number of para-hydroxylation sites is 1. The second-order valence-corrected chi connectivity index (χ2v) is 8.60. The standard InChI is InChI=1S/C28H28FN3O2/c1-5-16-31(27(33)21-11-13-22(29)14-12-21)20(4)26-30-24-9-7-6-8-23(24)28(34)32(26)25-15-10-18(2)17-19(25)3/h6-15,17,20H,5,16H2,1-4H3. The molecule has 0 aliphatic heterocycles. The molecule has 6 heteroatoms. The topological polar surface area (TPSA) is 55.2 Å². The fourth-order valence-electron chi connectivity index (χ4n) is 4.33. The second kappa shape index (κ2) is 9.59. The van der Waals surface area contributed by atoms with Crippen molar-refractivity contribution in [1.29, 1.82) is 0 Å². The number of fused-ring (bicyclic) bond motifs is 1. The van der Waals surface area contributed by atoms with Gasteiger partial charge in [-0.2, -0.15) is 0 Å². The minimum atomic E-state index is -0.504. The van der Waals surface area contributed by atoms with E-state index >= 15 is 0 Å². The normalized spacial score (nSPS) is 12.0. The zero-order valence-corrected chi connectivity index (χ0v) is 19.9. The SMILES string of the molecule is CCCN(C(=O)c1ccc(F)cc1)C(C)c1nc2ccccc2c(=O)n1-c1ccc(C)cc1C. The number of carbonyl (C=O) groups is 1. The van der Waals surface area contributed by atoms with Crippen LogP contribution in [0.2, 0.25) is 0 Å². The molecule has 0 fully saturated rings. The summed E-state index contributed by atoms with van der Waals surface area (Å²) in [5, 5.41) is 0.519. The summed E-state index contributed by atoms with van der Waals surface area (Å²) in [6, 6.07) is 18.2. The molecule has 3 aromatic carbocycles. The first kappa shape index (κ1) is 23.4. The van der Waals surface area contributed by atoms with Crippen LogP contribution in [-0.2, 0) is 0 Å². The quantitative estimate of drug-likeness (QED) is 0.370. The van der Waals surface area contributed by atoms with Gasteiger partial charge < -0.3 is 4.90 Å². The van der Waals surface area contributed by atoms with E-state index in [9.17, 15) is 14.0 Å². The molecule has 1 aromatic heterocycles. The number of hydrogen-bond acceptors (Lipinski definition) is 3. The van der Waals surface area contributed by atoms with E-state index in [4.69, 9.17) is 4.98 Å². The van der Waals surface area contributed by atoms with Gasteiger partial charge in [0, 0.05) is 12.1 Å². The Hall–Kier alpha value is -3.80. The van der Waals surface area contributed by atoms with E-state index in [1.807, 2.05) is 64.1 Å². The summed E-state index contributed by atoms with van der Waals surface area (Å²) in [6.07, 6.45) is 0.721. The number of aromatic nitrogens is 2. The van der Waals surface area contributed by atoms with E-state index in [1.165, 1.54) is 24.3 Å². The lowest BCUT2D eigenvalue weighted by Gasteiger charge is -2.30. The summed E-state index contributed by atoms with van der Waals surface area (Å²) in [6.45, 7) is 8.31. The van der Waals surface area contributed by atoms with Crippen molar-refractivity contribution in [2.75, 3.05) is 6.54 Å². The third-order valence-corrected chi connectivity index (χ3v) is 6.05. The summed E-state index contributed by atoms with van der Waals surface area (Å²) in [4.78, 5) is 33.8.